The van der Waals surface area contributed by atoms with Gasteiger partial charge >= 0.3 is 39.5 Å². The molecule has 3 N–H and O–H groups in total. The number of carbonyl (C=O) groups excluding carboxylic acids is 4. The topological polar surface area (TPSA) is 237 Å². The molecule has 5 atom stereocenters. The number of aliphatic hydroxyl groups excluding tert-OH is 1. The summed E-state index contributed by atoms with van der Waals surface area (Å²) in [6.07, 6.45) is 58.7. The van der Waals surface area contributed by atoms with Gasteiger partial charge in [0, 0.05) is 25.7 Å². The summed E-state index contributed by atoms with van der Waals surface area (Å²) in [4.78, 5) is 72.5. The molecule has 0 amide bonds. The van der Waals surface area contributed by atoms with Gasteiger partial charge in [-0.1, -0.05) is 349 Å². The van der Waals surface area contributed by atoms with Crippen LogP contribution in [0.5, 0.6) is 0 Å². The SMILES string of the molecule is CCCCCCCCCCCCCCCCCCCCCCC(=O)O[C@H](COC(=O)CCCCCCCCCCCCCCCCCC(C)C)COP(=O)(O)OC[C@@H](O)COP(=O)(O)OC[C@@H](COC(=O)CCCCCCC)OC(=O)CCCCCCCCCCCCCC. The maximum atomic E-state index is 13.1. The first-order chi connectivity index (χ1) is 46.0. The number of rotatable bonds is 76. The van der Waals surface area contributed by atoms with Crippen LogP contribution in [0.1, 0.15) is 401 Å². The Hall–Kier alpha value is -1.94. The summed E-state index contributed by atoms with van der Waals surface area (Å²) in [5.74, 6) is -1.32. The number of ether oxygens (including phenoxy) is 4. The Bertz CT molecular complexity index is 1820. The van der Waals surface area contributed by atoms with Gasteiger partial charge in [-0.25, -0.2) is 9.13 Å². The highest BCUT2D eigenvalue weighted by Gasteiger charge is 2.30. The summed E-state index contributed by atoms with van der Waals surface area (Å²) in [6.45, 7) is 7.23. The van der Waals surface area contributed by atoms with E-state index in [0.717, 1.165) is 102 Å². The molecule has 0 bridgehead atoms. The first-order valence-corrected chi connectivity index (χ1v) is 42.6. The molecule has 0 saturated heterocycles. The molecule has 0 aliphatic rings. The molecule has 0 spiro atoms. The van der Waals surface area contributed by atoms with Gasteiger partial charge in [0.1, 0.15) is 19.3 Å². The van der Waals surface area contributed by atoms with E-state index in [2.05, 4.69) is 34.6 Å². The highest BCUT2D eigenvalue weighted by Crippen LogP contribution is 2.45. The van der Waals surface area contributed by atoms with Crippen molar-refractivity contribution in [2.24, 2.45) is 5.92 Å². The maximum absolute atomic E-state index is 13.1. The van der Waals surface area contributed by atoms with Gasteiger partial charge in [-0.2, -0.15) is 0 Å². The Morgan fingerprint density at radius 1 is 0.284 bits per heavy atom. The number of carbonyl (C=O) groups is 4. The Kier molecular flexibility index (Phi) is 67.7. The van der Waals surface area contributed by atoms with Crippen LogP contribution in [-0.2, 0) is 65.4 Å². The molecule has 564 valence electrons. The fourth-order valence-corrected chi connectivity index (χ4v) is 13.3. The van der Waals surface area contributed by atoms with E-state index in [9.17, 15) is 43.2 Å². The predicted octanol–water partition coefficient (Wildman–Crippen LogP) is 22.5. The fraction of sp³-hybridized carbons (Fsp3) is 0.947. The molecule has 0 aromatic rings. The Labute approximate surface area is 581 Å². The van der Waals surface area contributed by atoms with Crippen LogP contribution < -0.4 is 0 Å². The quantitative estimate of drug-likeness (QED) is 0.0222. The maximum Gasteiger partial charge on any atom is 0.472 e. The van der Waals surface area contributed by atoms with Gasteiger partial charge in [0.25, 0.3) is 0 Å². The summed E-state index contributed by atoms with van der Waals surface area (Å²) >= 11 is 0. The zero-order valence-corrected chi connectivity index (χ0v) is 63.6. The van der Waals surface area contributed by atoms with E-state index in [4.69, 9.17) is 37.0 Å². The normalized spacial score (nSPS) is 13.9. The number of aliphatic hydroxyl groups is 1. The Balaban J connectivity index is 5.12. The molecule has 0 aromatic carbocycles. The lowest BCUT2D eigenvalue weighted by atomic mass is 10.0. The second-order valence-corrected chi connectivity index (χ2v) is 30.8. The Morgan fingerprint density at radius 2 is 0.484 bits per heavy atom. The van der Waals surface area contributed by atoms with Gasteiger partial charge in [0.05, 0.1) is 26.4 Å². The monoisotopic (exact) mass is 1400 g/mol. The minimum Gasteiger partial charge on any atom is -0.462 e. The first kappa shape index (κ1) is 93.1. The molecule has 0 rings (SSSR count). The van der Waals surface area contributed by atoms with Crippen molar-refractivity contribution in [3.05, 3.63) is 0 Å². The van der Waals surface area contributed by atoms with Gasteiger partial charge in [0.15, 0.2) is 12.2 Å². The summed E-state index contributed by atoms with van der Waals surface area (Å²) < 4.78 is 68.3. The lowest BCUT2D eigenvalue weighted by molar-refractivity contribution is -0.161. The van der Waals surface area contributed by atoms with Crippen LogP contribution in [0.2, 0.25) is 0 Å². The molecule has 17 nitrogen and oxygen atoms in total. The molecular formula is C76H148O17P2. The number of esters is 4. The molecule has 0 heterocycles. The van der Waals surface area contributed by atoms with Crippen molar-refractivity contribution in [1.29, 1.82) is 0 Å². The summed E-state index contributed by atoms with van der Waals surface area (Å²) in [5.41, 5.74) is 0. The first-order valence-electron chi connectivity index (χ1n) is 39.6. The molecule has 0 radical (unpaired) electrons. The second-order valence-electron chi connectivity index (χ2n) is 27.9. The summed E-state index contributed by atoms with van der Waals surface area (Å²) in [7, 11) is -9.90. The van der Waals surface area contributed by atoms with E-state index in [1.165, 1.54) is 218 Å². The zero-order chi connectivity index (χ0) is 69.8. The third-order valence-electron chi connectivity index (χ3n) is 17.8. The molecule has 19 heteroatoms. The molecule has 0 aliphatic carbocycles. The van der Waals surface area contributed by atoms with Crippen LogP contribution in [-0.4, -0.2) is 96.7 Å². The van der Waals surface area contributed by atoms with Gasteiger partial charge in [-0.15, -0.1) is 0 Å². The van der Waals surface area contributed by atoms with Crippen LogP contribution in [0.4, 0.5) is 0 Å². The van der Waals surface area contributed by atoms with E-state index in [1.807, 2.05) is 0 Å². The summed E-state index contributed by atoms with van der Waals surface area (Å²) in [6, 6.07) is 0. The molecule has 2 unspecified atom stereocenters. The van der Waals surface area contributed by atoms with Crippen molar-refractivity contribution in [2.45, 2.75) is 419 Å². The Morgan fingerprint density at radius 3 is 0.716 bits per heavy atom. The number of phosphoric ester groups is 2. The molecule has 0 fully saturated rings. The van der Waals surface area contributed by atoms with E-state index >= 15 is 0 Å². The van der Waals surface area contributed by atoms with Crippen LogP contribution >= 0.6 is 15.6 Å². The third kappa shape index (κ3) is 70.3. The van der Waals surface area contributed by atoms with Gasteiger partial charge < -0.3 is 33.8 Å². The molecular weight excluding hydrogens is 1250 g/mol. The van der Waals surface area contributed by atoms with Gasteiger partial charge in [-0.05, 0) is 31.6 Å². The largest absolute Gasteiger partial charge is 0.472 e. The summed E-state index contributed by atoms with van der Waals surface area (Å²) in [5, 5.41) is 10.6. The second kappa shape index (κ2) is 69.2. The van der Waals surface area contributed by atoms with Crippen LogP contribution in [0.15, 0.2) is 0 Å². The standard InChI is InChI=1S/C76H148O17P2/c1-6-9-12-15-17-19-21-23-24-25-26-27-28-31-35-39-43-47-52-57-62-76(81)93-72(66-87-74(79)60-55-50-45-41-38-34-32-29-30-33-36-40-44-49-53-58-69(4)5)68-91-95(84,85)89-64-70(77)63-88-94(82,83)90-67-71(65-86-73(78)59-54-48-14-11-8-3)92-75(80)61-56-51-46-42-37-22-20-18-16-13-10-7-2/h69-72,77H,6-68H2,1-5H3,(H,82,83)(H,84,85)/t70-,71+,72+/m0/s1. The van der Waals surface area contributed by atoms with Crippen molar-refractivity contribution < 1.29 is 80.2 Å². The van der Waals surface area contributed by atoms with Crippen LogP contribution in [0.25, 0.3) is 0 Å². The van der Waals surface area contributed by atoms with Crippen LogP contribution in [0, 0.1) is 5.92 Å². The zero-order valence-electron chi connectivity index (χ0n) is 61.8. The molecule has 0 aliphatic heterocycles. The van der Waals surface area contributed by atoms with Crippen molar-refractivity contribution in [3.8, 4) is 0 Å². The van der Waals surface area contributed by atoms with Crippen LogP contribution in [0.3, 0.4) is 0 Å². The minimum absolute atomic E-state index is 0.107. The molecule has 95 heavy (non-hydrogen) atoms. The molecule has 0 aromatic heterocycles. The third-order valence-corrected chi connectivity index (χ3v) is 19.7. The lowest BCUT2D eigenvalue weighted by Crippen LogP contribution is -2.30. The highest BCUT2D eigenvalue weighted by atomic mass is 31.2. The average molecular weight is 1400 g/mol. The van der Waals surface area contributed by atoms with Crippen molar-refractivity contribution in [1.82, 2.24) is 0 Å². The average Bonchev–Trinajstić information content (AvgIpc) is 1.58. The number of phosphoric acid groups is 2. The van der Waals surface area contributed by atoms with E-state index in [0.29, 0.717) is 25.7 Å². The van der Waals surface area contributed by atoms with E-state index in [1.54, 1.807) is 0 Å². The van der Waals surface area contributed by atoms with Crippen molar-refractivity contribution in [3.63, 3.8) is 0 Å². The van der Waals surface area contributed by atoms with Gasteiger partial charge in [0.2, 0.25) is 0 Å². The smallest absolute Gasteiger partial charge is 0.462 e. The number of unbranched alkanes of at least 4 members (excludes halogenated alkanes) is 48. The number of hydrogen-bond donors (Lipinski definition) is 3. The van der Waals surface area contributed by atoms with Gasteiger partial charge in [-0.3, -0.25) is 37.3 Å². The van der Waals surface area contributed by atoms with Crippen molar-refractivity contribution >= 4 is 39.5 Å². The minimum atomic E-state index is -4.95. The number of hydrogen-bond acceptors (Lipinski definition) is 15. The predicted molar refractivity (Wildman–Crippen MR) is 386 cm³/mol. The van der Waals surface area contributed by atoms with E-state index in [-0.39, 0.29) is 25.7 Å². The van der Waals surface area contributed by atoms with Crippen molar-refractivity contribution in [2.75, 3.05) is 39.6 Å². The highest BCUT2D eigenvalue weighted by molar-refractivity contribution is 7.47. The lowest BCUT2D eigenvalue weighted by Gasteiger charge is -2.21. The molecule has 0 saturated carbocycles. The van der Waals surface area contributed by atoms with E-state index < -0.39 is 97.5 Å². The fourth-order valence-electron chi connectivity index (χ4n) is 11.7.